The van der Waals surface area contributed by atoms with E-state index in [1.165, 1.54) is 0 Å². The molecule has 3 aromatic rings. The predicted molar refractivity (Wildman–Crippen MR) is 136 cm³/mol. The second-order valence-corrected chi connectivity index (χ2v) is 9.39. The first kappa shape index (κ1) is 23.2. The third kappa shape index (κ3) is 4.22. The van der Waals surface area contributed by atoms with Crippen molar-refractivity contribution in [1.29, 1.82) is 0 Å². The van der Waals surface area contributed by atoms with Crippen LogP contribution in [0.3, 0.4) is 0 Å². The highest BCUT2D eigenvalue weighted by Crippen LogP contribution is 2.44. The highest BCUT2D eigenvalue weighted by molar-refractivity contribution is 6.08. The Balaban J connectivity index is 1.68. The second-order valence-electron chi connectivity index (χ2n) is 9.39. The van der Waals surface area contributed by atoms with Gasteiger partial charge in [0.25, 0.3) is 5.91 Å². The number of carbonyl (C=O) groups is 2. The molecule has 5 heteroatoms. The Kier molecular flexibility index (Phi) is 6.37. The molecule has 2 amide bonds. The first-order chi connectivity index (χ1) is 17.0. The number of carbonyl (C=O) groups excluding carboxylic acids is 2. The number of benzene rings is 3. The van der Waals surface area contributed by atoms with Gasteiger partial charge in [0.05, 0.1) is 23.7 Å². The van der Waals surface area contributed by atoms with Crippen LogP contribution in [0.2, 0.25) is 0 Å². The van der Waals surface area contributed by atoms with Gasteiger partial charge in [0.15, 0.2) is 0 Å². The molecule has 3 atom stereocenters. The molecule has 0 radical (unpaired) electrons. The minimum atomic E-state index is -0.584. The van der Waals surface area contributed by atoms with Crippen LogP contribution in [0.4, 0.5) is 0 Å². The monoisotopic (exact) mass is 466 g/mol. The molecule has 3 aromatic carbocycles. The summed E-state index contributed by atoms with van der Waals surface area (Å²) in [6, 6.07) is 31.6. The van der Waals surface area contributed by atoms with Crippen LogP contribution in [0, 0.1) is 5.92 Å². The van der Waals surface area contributed by atoms with Crippen LogP contribution in [-0.2, 0) is 19.9 Å². The van der Waals surface area contributed by atoms with E-state index < -0.39 is 17.6 Å². The molecule has 1 saturated heterocycles. The van der Waals surface area contributed by atoms with E-state index in [2.05, 4.69) is 83.0 Å². The van der Waals surface area contributed by atoms with Gasteiger partial charge in [0, 0.05) is 18.7 Å². The Morgan fingerprint density at radius 1 is 0.800 bits per heavy atom. The summed E-state index contributed by atoms with van der Waals surface area (Å²) in [5.74, 6) is -1.17. The van der Waals surface area contributed by atoms with Crippen LogP contribution in [0.25, 0.3) is 0 Å². The van der Waals surface area contributed by atoms with Crippen LogP contribution >= 0.6 is 0 Å². The van der Waals surface area contributed by atoms with Crippen molar-refractivity contribution in [3.8, 4) is 0 Å². The topological polar surface area (TPSA) is 58.6 Å². The zero-order chi connectivity index (χ0) is 24.4. The minimum Gasteiger partial charge on any atom is -0.371 e. The summed E-state index contributed by atoms with van der Waals surface area (Å²) in [6.07, 6.45) is 1.26. The normalized spacial score (nSPS) is 23.5. The van der Waals surface area contributed by atoms with Gasteiger partial charge in [-0.2, -0.15) is 0 Å². The molecule has 1 N–H and O–H groups in total. The fourth-order valence-corrected chi connectivity index (χ4v) is 5.54. The van der Waals surface area contributed by atoms with Crippen LogP contribution in [0.5, 0.6) is 0 Å². The maximum Gasteiger partial charge on any atom is 0.253 e. The summed E-state index contributed by atoms with van der Waals surface area (Å²) in [5, 5.41) is 2.50. The zero-order valence-corrected chi connectivity index (χ0v) is 20.1. The van der Waals surface area contributed by atoms with Gasteiger partial charge < -0.3 is 4.74 Å². The molecule has 5 rings (SSSR count). The number of imide groups is 1. The summed E-state index contributed by atoms with van der Waals surface area (Å²) < 4.78 is 6.35. The summed E-state index contributed by atoms with van der Waals surface area (Å²) in [6.45, 7) is 5.00. The lowest BCUT2D eigenvalue weighted by Gasteiger charge is -2.51. The number of nitrogens with one attached hydrogen (secondary N) is 1. The predicted octanol–water partition coefficient (Wildman–Crippen LogP) is 4.29. The molecular formula is C30H30N2O3. The van der Waals surface area contributed by atoms with Crippen molar-refractivity contribution in [2.45, 2.75) is 31.6 Å². The number of morpholine rings is 1. The summed E-state index contributed by atoms with van der Waals surface area (Å²) in [7, 11) is 0. The van der Waals surface area contributed by atoms with Crippen molar-refractivity contribution in [3.05, 3.63) is 119 Å². The van der Waals surface area contributed by atoms with E-state index >= 15 is 0 Å². The van der Waals surface area contributed by atoms with Gasteiger partial charge >= 0.3 is 0 Å². The number of rotatable bonds is 5. The molecule has 0 bridgehead atoms. The molecule has 1 fully saturated rings. The van der Waals surface area contributed by atoms with Crippen molar-refractivity contribution in [2.75, 3.05) is 13.1 Å². The van der Waals surface area contributed by atoms with Gasteiger partial charge in [-0.25, -0.2) is 0 Å². The Hall–Kier alpha value is -3.54. The van der Waals surface area contributed by atoms with E-state index in [4.69, 9.17) is 4.74 Å². The van der Waals surface area contributed by atoms with Gasteiger partial charge in [0.2, 0.25) is 5.91 Å². The molecule has 5 nitrogen and oxygen atoms in total. The van der Waals surface area contributed by atoms with Crippen LogP contribution in [0.15, 0.2) is 103 Å². The van der Waals surface area contributed by atoms with E-state index in [-0.39, 0.29) is 17.9 Å². The lowest BCUT2D eigenvalue weighted by Crippen LogP contribution is -2.60. The van der Waals surface area contributed by atoms with Gasteiger partial charge in [-0.05, 0) is 30.5 Å². The molecule has 35 heavy (non-hydrogen) atoms. The Morgan fingerprint density at radius 2 is 1.29 bits per heavy atom. The van der Waals surface area contributed by atoms with E-state index in [9.17, 15) is 9.59 Å². The Labute approximate surface area is 206 Å². The summed E-state index contributed by atoms with van der Waals surface area (Å²) >= 11 is 0. The minimum absolute atomic E-state index is 0.108. The van der Waals surface area contributed by atoms with Crippen molar-refractivity contribution in [2.24, 2.45) is 5.92 Å². The fourth-order valence-electron chi connectivity index (χ4n) is 5.54. The van der Waals surface area contributed by atoms with E-state index in [1.54, 1.807) is 13.0 Å². The molecule has 2 heterocycles. The van der Waals surface area contributed by atoms with Crippen molar-refractivity contribution >= 4 is 11.8 Å². The van der Waals surface area contributed by atoms with Crippen molar-refractivity contribution < 1.29 is 14.3 Å². The highest BCUT2D eigenvalue weighted by atomic mass is 16.5. The first-order valence-corrected chi connectivity index (χ1v) is 12.1. The third-order valence-electron chi connectivity index (χ3n) is 7.06. The molecule has 0 aromatic heterocycles. The second kappa shape index (κ2) is 9.61. The number of amides is 2. The maximum absolute atomic E-state index is 12.8. The Morgan fingerprint density at radius 3 is 1.77 bits per heavy atom. The molecular weight excluding hydrogens is 436 g/mol. The van der Waals surface area contributed by atoms with Crippen LogP contribution < -0.4 is 5.32 Å². The third-order valence-corrected chi connectivity index (χ3v) is 7.06. The average molecular weight is 467 g/mol. The molecule has 0 unspecified atom stereocenters. The molecule has 178 valence electrons. The lowest BCUT2D eigenvalue weighted by atomic mass is 9.74. The van der Waals surface area contributed by atoms with E-state index in [0.29, 0.717) is 18.7 Å². The summed E-state index contributed by atoms with van der Waals surface area (Å²) in [4.78, 5) is 27.3. The van der Waals surface area contributed by atoms with Crippen LogP contribution in [-0.4, -0.2) is 42.0 Å². The molecule has 0 aliphatic carbocycles. The number of hydrogen-bond donors (Lipinski definition) is 1. The van der Waals surface area contributed by atoms with Gasteiger partial charge in [-0.1, -0.05) is 97.1 Å². The maximum atomic E-state index is 12.8. The zero-order valence-electron chi connectivity index (χ0n) is 20.1. The first-order valence-electron chi connectivity index (χ1n) is 12.1. The van der Waals surface area contributed by atoms with E-state index in [0.717, 1.165) is 16.7 Å². The highest BCUT2D eigenvalue weighted by Gasteiger charge is 2.47. The van der Waals surface area contributed by atoms with Gasteiger partial charge in [0.1, 0.15) is 0 Å². The number of nitrogens with zero attached hydrogens (tertiary/aromatic N) is 1. The fraction of sp³-hybridized carbons (Fsp3) is 0.267. The SMILES string of the molecule is CC1=C[C@H]([C@H]2CN(C(c3ccccc3)(c3ccccc3)c3ccccc3)C[C@H](C)O2)C(=O)NC1=O. The number of ether oxygens (including phenoxy) is 1. The lowest BCUT2D eigenvalue weighted by molar-refractivity contribution is -0.144. The summed E-state index contributed by atoms with van der Waals surface area (Å²) in [5.41, 5.74) is 3.42. The van der Waals surface area contributed by atoms with Gasteiger partial charge in [-0.3, -0.25) is 19.8 Å². The Bertz CT molecular complexity index is 1130. The van der Waals surface area contributed by atoms with Crippen molar-refractivity contribution in [3.63, 3.8) is 0 Å². The molecule has 2 aliphatic rings. The van der Waals surface area contributed by atoms with Crippen LogP contribution in [0.1, 0.15) is 30.5 Å². The van der Waals surface area contributed by atoms with Crippen molar-refractivity contribution in [1.82, 2.24) is 10.2 Å². The standard InChI is InChI=1S/C30H30N2O3/c1-21-18-26(29(34)31-28(21)33)27-20-32(19-22(2)35-27)30(23-12-6-3-7-13-23,24-14-8-4-9-15-24)25-16-10-5-11-17-25/h3-18,22,26-27H,19-20H2,1-2H3,(H,31,33,34)/t22-,26+,27+/m0/s1. The average Bonchev–Trinajstić information content (AvgIpc) is 2.88. The smallest absolute Gasteiger partial charge is 0.253 e. The number of hydrogen-bond acceptors (Lipinski definition) is 4. The van der Waals surface area contributed by atoms with Gasteiger partial charge in [-0.15, -0.1) is 0 Å². The molecule has 2 aliphatic heterocycles. The largest absolute Gasteiger partial charge is 0.371 e. The molecule has 0 spiro atoms. The molecule has 0 saturated carbocycles. The van der Waals surface area contributed by atoms with E-state index in [1.807, 2.05) is 25.1 Å². The quantitative estimate of drug-likeness (QED) is 0.450.